The zero-order valence-corrected chi connectivity index (χ0v) is 13.2. The van der Waals surface area contributed by atoms with Crippen LogP contribution in [0.1, 0.15) is 46.2 Å². The lowest BCUT2D eigenvalue weighted by Gasteiger charge is -2.25. The Morgan fingerprint density at radius 1 is 1.10 bits per heavy atom. The van der Waals surface area contributed by atoms with E-state index in [4.69, 9.17) is 0 Å². The van der Waals surface area contributed by atoms with E-state index in [2.05, 4.69) is 54.6 Å². The highest BCUT2D eigenvalue weighted by Gasteiger charge is 2.20. The molecule has 0 unspecified atom stereocenters. The number of hydrogen-bond acceptors (Lipinski definition) is 4. The van der Waals surface area contributed by atoms with Gasteiger partial charge in [0.15, 0.2) is 0 Å². The molecule has 1 aliphatic rings. The van der Waals surface area contributed by atoms with E-state index >= 15 is 0 Å². The average Bonchev–Trinajstić information content (AvgIpc) is 3.21. The van der Waals surface area contributed by atoms with Gasteiger partial charge in [-0.1, -0.05) is 27.7 Å². The van der Waals surface area contributed by atoms with Crippen molar-refractivity contribution in [3.63, 3.8) is 0 Å². The van der Waals surface area contributed by atoms with Gasteiger partial charge in [0.25, 0.3) is 0 Å². The number of rotatable bonds is 8. The summed E-state index contributed by atoms with van der Waals surface area (Å²) in [7, 11) is 0. The Hall–Kier alpha value is -1.16. The van der Waals surface area contributed by atoms with E-state index in [-0.39, 0.29) is 0 Å². The number of anilines is 1. The van der Waals surface area contributed by atoms with Crippen molar-refractivity contribution in [1.29, 1.82) is 0 Å². The lowest BCUT2D eigenvalue weighted by atomic mass is 9.85. The van der Waals surface area contributed by atoms with Gasteiger partial charge in [0.05, 0.1) is 5.69 Å². The molecule has 0 bridgehead atoms. The predicted molar refractivity (Wildman–Crippen MR) is 83.5 cm³/mol. The molecule has 2 rings (SSSR count). The van der Waals surface area contributed by atoms with E-state index < -0.39 is 0 Å². The predicted octanol–water partition coefficient (Wildman–Crippen LogP) is 3.07. The van der Waals surface area contributed by atoms with E-state index in [1.54, 1.807) is 0 Å². The van der Waals surface area contributed by atoms with Crippen molar-refractivity contribution in [1.82, 2.24) is 15.5 Å². The normalized spacial score (nSPS) is 15.3. The van der Waals surface area contributed by atoms with E-state index in [0.29, 0.717) is 23.8 Å². The van der Waals surface area contributed by atoms with Crippen LogP contribution in [0.25, 0.3) is 0 Å². The van der Waals surface area contributed by atoms with Crippen LogP contribution >= 0.6 is 0 Å². The lowest BCUT2D eigenvalue weighted by molar-refractivity contribution is 0.304. The van der Waals surface area contributed by atoms with Crippen LogP contribution in [0, 0.1) is 17.8 Å². The first-order valence-electron chi connectivity index (χ1n) is 7.86. The van der Waals surface area contributed by atoms with E-state index in [9.17, 15) is 0 Å². The molecule has 1 aromatic rings. The van der Waals surface area contributed by atoms with Gasteiger partial charge in [-0.25, -0.2) is 0 Å². The van der Waals surface area contributed by atoms with Crippen LogP contribution in [0.15, 0.2) is 12.1 Å². The third kappa shape index (κ3) is 4.75. The fraction of sp³-hybridized carbons (Fsp3) is 0.750. The second kappa shape index (κ2) is 7.02. The summed E-state index contributed by atoms with van der Waals surface area (Å²) in [6, 6.07) is 4.81. The Kier molecular flexibility index (Phi) is 5.35. The van der Waals surface area contributed by atoms with Crippen LogP contribution in [0.4, 0.5) is 5.82 Å². The molecule has 2 N–H and O–H groups in total. The fourth-order valence-electron chi connectivity index (χ4n) is 2.55. The monoisotopic (exact) mass is 276 g/mol. The third-order valence-corrected chi connectivity index (χ3v) is 4.10. The molecule has 0 amide bonds. The molecule has 0 spiro atoms. The van der Waals surface area contributed by atoms with E-state index in [0.717, 1.165) is 24.6 Å². The van der Waals surface area contributed by atoms with Crippen molar-refractivity contribution in [3.8, 4) is 0 Å². The van der Waals surface area contributed by atoms with Gasteiger partial charge >= 0.3 is 0 Å². The third-order valence-electron chi connectivity index (χ3n) is 4.10. The van der Waals surface area contributed by atoms with Crippen LogP contribution in [0.5, 0.6) is 0 Å². The van der Waals surface area contributed by atoms with Crippen LogP contribution in [0.2, 0.25) is 0 Å². The summed E-state index contributed by atoms with van der Waals surface area (Å²) in [4.78, 5) is 0. The van der Waals surface area contributed by atoms with Crippen molar-refractivity contribution < 1.29 is 0 Å². The van der Waals surface area contributed by atoms with Crippen molar-refractivity contribution in [2.75, 3.05) is 11.9 Å². The second-order valence-corrected chi connectivity index (χ2v) is 6.60. The van der Waals surface area contributed by atoms with Gasteiger partial charge in [0, 0.05) is 19.1 Å². The molecule has 0 radical (unpaired) electrons. The first-order chi connectivity index (χ1) is 9.56. The van der Waals surface area contributed by atoms with Gasteiger partial charge in [-0.2, -0.15) is 5.10 Å². The van der Waals surface area contributed by atoms with Crippen LogP contribution in [-0.2, 0) is 6.54 Å². The van der Waals surface area contributed by atoms with Gasteiger partial charge in [0.2, 0.25) is 0 Å². The first kappa shape index (κ1) is 15.2. The Labute approximate surface area is 122 Å². The average molecular weight is 276 g/mol. The van der Waals surface area contributed by atoms with E-state index in [1.165, 1.54) is 12.8 Å². The summed E-state index contributed by atoms with van der Waals surface area (Å²) < 4.78 is 0. The molecule has 1 fully saturated rings. The summed E-state index contributed by atoms with van der Waals surface area (Å²) in [5.74, 6) is 2.90. The SMILES string of the molecule is CC(C)C(CNc1ccc(CNC2CC2)nn1)C(C)C. The number of aromatic nitrogens is 2. The molecule has 0 aliphatic heterocycles. The maximum absolute atomic E-state index is 4.27. The van der Waals surface area contributed by atoms with E-state index in [1.807, 2.05) is 6.07 Å². The highest BCUT2D eigenvalue weighted by Crippen LogP contribution is 2.21. The van der Waals surface area contributed by atoms with Crippen LogP contribution < -0.4 is 10.6 Å². The largest absolute Gasteiger partial charge is 0.368 e. The molecule has 1 aliphatic carbocycles. The Morgan fingerprint density at radius 3 is 2.30 bits per heavy atom. The maximum Gasteiger partial charge on any atom is 0.148 e. The van der Waals surface area contributed by atoms with Crippen molar-refractivity contribution >= 4 is 5.82 Å². The smallest absolute Gasteiger partial charge is 0.148 e. The first-order valence-corrected chi connectivity index (χ1v) is 7.86. The molecule has 0 saturated heterocycles. The molecule has 4 nitrogen and oxygen atoms in total. The van der Waals surface area contributed by atoms with Crippen molar-refractivity contribution in [2.45, 2.75) is 53.1 Å². The Morgan fingerprint density at radius 2 is 1.80 bits per heavy atom. The minimum atomic E-state index is 0.660. The van der Waals surface area contributed by atoms with Gasteiger partial charge in [-0.05, 0) is 42.7 Å². The van der Waals surface area contributed by atoms with Crippen LogP contribution in [0.3, 0.4) is 0 Å². The summed E-state index contributed by atoms with van der Waals surface area (Å²) >= 11 is 0. The molecule has 112 valence electrons. The molecule has 1 saturated carbocycles. The topological polar surface area (TPSA) is 49.8 Å². The molecule has 20 heavy (non-hydrogen) atoms. The maximum atomic E-state index is 4.27. The Balaban J connectivity index is 1.80. The molecular weight excluding hydrogens is 248 g/mol. The van der Waals surface area contributed by atoms with Crippen molar-refractivity contribution in [3.05, 3.63) is 17.8 Å². The summed E-state index contributed by atoms with van der Waals surface area (Å²) in [5.41, 5.74) is 1.02. The highest BCUT2D eigenvalue weighted by molar-refractivity contribution is 5.32. The minimum absolute atomic E-state index is 0.660. The molecule has 1 aromatic heterocycles. The van der Waals surface area contributed by atoms with Gasteiger partial charge in [-0.15, -0.1) is 5.10 Å². The molecule has 0 aromatic carbocycles. The van der Waals surface area contributed by atoms with Gasteiger partial charge in [0.1, 0.15) is 5.82 Å². The number of hydrogen-bond donors (Lipinski definition) is 2. The standard InChI is InChI=1S/C16H28N4/c1-11(2)15(12(3)4)10-18-16-8-7-14(19-20-16)9-17-13-5-6-13/h7-8,11-13,15,17H,5-6,9-10H2,1-4H3,(H,18,20). The number of nitrogens with one attached hydrogen (secondary N) is 2. The number of nitrogens with zero attached hydrogens (tertiary/aromatic N) is 2. The molecular formula is C16H28N4. The second-order valence-electron chi connectivity index (χ2n) is 6.60. The lowest BCUT2D eigenvalue weighted by Crippen LogP contribution is -2.25. The van der Waals surface area contributed by atoms with Gasteiger partial charge < -0.3 is 10.6 Å². The Bertz CT molecular complexity index is 387. The van der Waals surface area contributed by atoms with Crippen molar-refractivity contribution in [2.24, 2.45) is 17.8 Å². The molecule has 4 heteroatoms. The zero-order chi connectivity index (χ0) is 14.5. The molecule has 1 heterocycles. The zero-order valence-electron chi connectivity index (χ0n) is 13.2. The summed E-state index contributed by atoms with van der Waals surface area (Å²) in [5, 5.41) is 15.4. The minimum Gasteiger partial charge on any atom is -0.368 e. The van der Waals surface area contributed by atoms with Crippen LogP contribution in [-0.4, -0.2) is 22.8 Å². The highest BCUT2D eigenvalue weighted by atomic mass is 15.2. The summed E-state index contributed by atoms with van der Waals surface area (Å²) in [6.45, 7) is 10.9. The fourth-order valence-corrected chi connectivity index (χ4v) is 2.55. The van der Waals surface area contributed by atoms with Gasteiger partial charge in [-0.3, -0.25) is 0 Å². The summed E-state index contributed by atoms with van der Waals surface area (Å²) in [6.07, 6.45) is 2.61. The molecule has 0 atom stereocenters. The quantitative estimate of drug-likeness (QED) is 0.766.